The van der Waals surface area contributed by atoms with Gasteiger partial charge in [0.2, 0.25) is 5.91 Å². The highest BCUT2D eigenvalue weighted by atomic mass is 35.5. The van der Waals surface area contributed by atoms with Crippen molar-refractivity contribution in [2.75, 3.05) is 31.9 Å². The zero-order valence-corrected chi connectivity index (χ0v) is 14.1. The Morgan fingerprint density at radius 3 is 2.76 bits per heavy atom. The number of carbonyl (C=O) groups excluding carboxylic acids is 1. The summed E-state index contributed by atoms with van der Waals surface area (Å²) < 4.78 is 0. The first-order chi connectivity index (χ1) is 10.2. The normalized spacial score (nSPS) is 16.2. The predicted molar refractivity (Wildman–Crippen MR) is 90.0 cm³/mol. The van der Waals surface area contributed by atoms with Crippen molar-refractivity contribution in [3.63, 3.8) is 0 Å². The van der Waals surface area contributed by atoms with E-state index in [0.717, 1.165) is 48.9 Å². The first-order valence-corrected chi connectivity index (χ1v) is 8.93. The number of rotatable bonds is 6. The molecule has 0 atom stereocenters. The molecular weight excluding hydrogens is 304 g/mol. The Morgan fingerprint density at radius 2 is 2.10 bits per heavy atom. The van der Waals surface area contributed by atoms with Crippen LogP contribution >= 0.6 is 23.4 Å². The van der Waals surface area contributed by atoms with Gasteiger partial charge in [-0.2, -0.15) is 0 Å². The number of piperidine rings is 1. The summed E-state index contributed by atoms with van der Waals surface area (Å²) in [6.07, 6.45) is 2.21. The summed E-state index contributed by atoms with van der Waals surface area (Å²) in [5, 5.41) is 4.11. The highest BCUT2D eigenvalue weighted by molar-refractivity contribution is 8.00. The van der Waals surface area contributed by atoms with Crippen molar-refractivity contribution in [3.8, 4) is 0 Å². The zero-order chi connectivity index (χ0) is 15.1. The van der Waals surface area contributed by atoms with E-state index in [2.05, 4.69) is 12.2 Å². The summed E-state index contributed by atoms with van der Waals surface area (Å²) in [6.45, 7) is 6.00. The van der Waals surface area contributed by atoms with E-state index in [-0.39, 0.29) is 5.91 Å². The number of amides is 1. The molecule has 1 amide bonds. The van der Waals surface area contributed by atoms with Gasteiger partial charge in [0.05, 0.1) is 10.8 Å². The van der Waals surface area contributed by atoms with Gasteiger partial charge in [-0.1, -0.05) is 30.7 Å². The third-order valence-corrected chi connectivity index (χ3v) is 5.34. The summed E-state index contributed by atoms with van der Waals surface area (Å²) in [7, 11) is 0. The molecule has 1 aliphatic rings. The molecule has 0 saturated carbocycles. The largest absolute Gasteiger partial charge is 0.342 e. The molecule has 1 N–H and O–H groups in total. The molecule has 1 heterocycles. The Morgan fingerprint density at radius 1 is 1.38 bits per heavy atom. The molecule has 0 radical (unpaired) electrons. The minimum Gasteiger partial charge on any atom is -0.342 e. The average molecular weight is 327 g/mol. The first kappa shape index (κ1) is 16.7. The lowest BCUT2D eigenvalue weighted by Crippen LogP contribution is -2.41. The quantitative estimate of drug-likeness (QED) is 0.814. The van der Waals surface area contributed by atoms with E-state index in [1.54, 1.807) is 0 Å². The third-order valence-electron chi connectivity index (χ3n) is 3.84. The molecule has 1 fully saturated rings. The maximum absolute atomic E-state index is 12.2. The fourth-order valence-electron chi connectivity index (χ4n) is 2.53. The fraction of sp³-hybridized carbons (Fsp3) is 0.562. The smallest absolute Gasteiger partial charge is 0.232 e. The van der Waals surface area contributed by atoms with E-state index in [9.17, 15) is 4.79 Å². The molecule has 0 bridgehead atoms. The number of hydrogen-bond donors (Lipinski definition) is 1. The van der Waals surface area contributed by atoms with Crippen molar-refractivity contribution in [2.45, 2.75) is 24.7 Å². The zero-order valence-electron chi connectivity index (χ0n) is 12.5. The van der Waals surface area contributed by atoms with Crippen molar-refractivity contribution < 1.29 is 4.79 Å². The summed E-state index contributed by atoms with van der Waals surface area (Å²) in [5.74, 6) is 1.41. The van der Waals surface area contributed by atoms with E-state index in [0.29, 0.717) is 11.7 Å². The number of halogens is 1. The van der Waals surface area contributed by atoms with Crippen LogP contribution in [0.3, 0.4) is 0 Å². The molecule has 5 heteroatoms. The van der Waals surface area contributed by atoms with Gasteiger partial charge in [-0.25, -0.2) is 0 Å². The maximum atomic E-state index is 12.2. The second-order valence-corrected chi connectivity index (χ2v) is 6.78. The highest BCUT2D eigenvalue weighted by Gasteiger charge is 2.22. The second-order valence-electron chi connectivity index (χ2n) is 5.35. The van der Waals surface area contributed by atoms with Crippen LogP contribution in [-0.2, 0) is 4.79 Å². The van der Waals surface area contributed by atoms with Crippen LogP contribution in [0.25, 0.3) is 0 Å². The Labute approximate surface area is 136 Å². The van der Waals surface area contributed by atoms with Gasteiger partial charge in [0.15, 0.2) is 0 Å². The Hall–Kier alpha value is -0.710. The molecule has 1 aromatic carbocycles. The lowest BCUT2D eigenvalue weighted by molar-refractivity contribution is -0.129. The number of carbonyl (C=O) groups is 1. The summed E-state index contributed by atoms with van der Waals surface area (Å²) >= 11 is 7.64. The Kier molecular flexibility index (Phi) is 6.87. The van der Waals surface area contributed by atoms with E-state index >= 15 is 0 Å². The van der Waals surface area contributed by atoms with Gasteiger partial charge in [0.1, 0.15) is 0 Å². The van der Waals surface area contributed by atoms with Crippen LogP contribution in [-0.4, -0.2) is 42.7 Å². The molecule has 21 heavy (non-hydrogen) atoms. The average Bonchev–Trinajstić information content (AvgIpc) is 2.52. The molecule has 0 unspecified atom stereocenters. The topological polar surface area (TPSA) is 32.3 Å². The molecule has 116 valence electrons. The molecule has 3 nitrogen and oxygen atoms in total. The summed E-state index contributed by atoms with van der Waals surface area (Å²) in [4.78, 5) is 15.2. The maximum Gasteiger partial charge on any atom is 0.232 e. The van der Waals surface area contributed by atoms with E-state index in [4.69, 9.17) is 11.6 Å². The van der Waals surface area contributed by atoms with Crippen LogP contribution in [0.1, 0.15) is 19.8 Å². The summed E-state index contributed by atoms with van der Waals surface area (Å²) in [6, 6.07) is 7.68. The van der Waals surface area contributed by atoms with Gasteiger partial charge in [-0.3, -0.25) is 4.79 Å². The van der Waals surface area contributed by atoms with E-state index < -0.39 is 0 Å². The Bertz CT molecular complexity index is 461. The van der Waals surface area contributed by atoms with Crippen LogP contribution in [0.2, 0.25) is 5.02 Å². The molecule has 1 aromatic rings. The number of benzene rings is 1. The monoisotopic (exact) mass is 326 g/mol. The molecule has 2 rings (SSSR count). The van der Waals surface area contributed by atoms with Gasteiger partial charge in [0.25, 0.3) is 0 Å². The van der Waals surface area contributed by atoms with Crippen molar-refractivity contribution in [1.82, 2.24) is 10.2 Å². The standard InChI is InChI=1S/C16H23ClN2OS/c1-2-18-11-13-7-9-19(10-8-13)16(20)12-21-15-6-4-3-5-14(15)17/h3-6,13,18H,2,7-12H2,1H3. The minimum atomic E-state index is 0.224. The van der Waals surface area contributed by atoms with Gasteiger partial charge in [-0.15, -0.1) is 11.8 Å². The molecule has 1 aliphatic heterocycles. The lowest BCUT2D eigenvalue weighted by atomic mass is 9.97. The number of nitrogens with zero attached hydrogens (tertiary/aromatic N) is 1. The van der Waals surface area contributed by atoms with E-state index in [1.165, 1.54) is 11.8 Å². The fourth-order valence-corrected chi connectivity index (χ4v) is 3.67. The van der Waals surface area contributed by atoms with Gasteiger partial charge in [-0.05, 0) is 44.0 Å². The Balaban J connectivity index is 1.74. The van der Waals surface area contributed by atoms with Gasteiger partial charge >= 0.3 is 0 Å². The number of nitrogens with one attached hydrogen (secondary N) is 1. The van der Waals surface area contributed by atoms with Crippen molar-refractivity contribution in [2.24, 2.45) is 5.92 Å². The first-order valence-electron chi connectivity index (χ1n) is 7.56. The number of hydrogen-bond acceptors (Lipinski definition) is 3. The highest BCUT2D eigenvalue weighted by Crippen LogP contribution is 2.27. The van der Waals surface area contributed by atoms with Crippen molar-refractivity contribution in [1.29, 1.82) is 0 Å². The van der Waals surface area contributed by atoms with Crippen molar-refractivity contribution in [3.05, 3.63) is 29.3 Å². The number of likely N-dealkylation sites (tertiary alicyclic amines) is 1. The summed E-state index contributed by atoms with van der Waals surface area (Å²) in [5.41, 5.74) is 0. The lowest BCUT2D eigenvalue weighted by Gasteiger charge is -2.32. The van der Waals surface area contributed by atoms with Gasteiger partial charge in [0, 0.05) is 18.0 Å². The van der Waals surface area contributed by atoms with Crippen LogP contribution in [0.4, 0.5) is 0 Å². The van der Waals surface area contributed by atoms with E-state index in [1.807, 2.05) is 29.2 Å². The van der Waals surface area contributed by atoms with Crippen LogP contribution in [0, 0.1) is 5.92 Å². The predicted octanol–water partition coefficient (Wildman–Crippen LogP) is 3.28. The van der Waals surface area contributed by atoms with Crippen LogP contribution < -0.4 is 5.32 Å². The third kappa shape index (κ3) is 5.20. The number of thioether (sulfide) groups is 1. The molecule has 0 aromatic heterocycles. The SMILES string of the molecule is CCNCC1CCN(C(=O)CSc2ccccc2Cl)CC1. The molecule has 1 saturated heterocycles. The minimum absolute atomic E-state index is 0.224. The van der Waals surface area contributed by atoms with Crippen LogP contribution in [0.5, 0.6) is 0 Å². The van der Waals surface area contributed by atoms with Crippen molar-refractivity contribution >= 4 is 29.3 Å². The molecule has 0 spiro atoms. The second kappa shape index (κ2) is 8.66. The van der Waals surface area contributed by atoms with Crippen LogP contribution in [0.15, 0.2) is 29.2 Å². The molecular formula is C16H23ClN2OS. The van der Waals surface area contributed by atoms with Gasteiger partial charge < -0.3 is 10.2 Å². The molecule has 0 aliphatic carbocycles.